The van der Waals surface area contributed by atoms with Gasteiger partial charge in [-0.15, -0.1) is 0 Å². The zero-order valence-corrected chi connectivity index (χ0v) is 8.30. The van der Waals surface area contributed by atoms with Crippen molar-refractivity contribution >= 4 is 10.1 Å². The molecule has 0 fully saturated rings. The van der Waals surface area contributed by atoms with Crippen LogP contribution in [0.5, 0.6) is 0 Å². The van der Waals surface area contributed by atoms with E-state index in [1.54, 1.807) is 0 Å². The second kappa shape index (κ2) is 4.22. The molecule has 0 amide bonds. The Labute approximate surface area is 67.2 Å². The Bertz CT molecular complexity index is 169. The molecule has 0 atom stereocenters. The van der Waals surface area contributed by atoms with Crippen molar-refractivity contribution in [2.75, 3.05) is 0 Å². The summed E-state index contributed by atoms with van der Waals surface area (Å²) in [5.74, 6) is 0. The summed E-state index contributed by atoms with van der Waals surface area (Å²) in [6.45, 7) is 0. The van der Waals surface area contributed by atoms with Crippen molar-refractivity contribution in [1.29, 1.82) is 0 Å². The molecule has 60 valence electrons. The molecule has 0 rings (SSSR count). The molecule has 4 nitrogen and oxygen atoms in total. The Kier molecular flexibility index (Phi) is 7.05. The summed E-state index contributed by atoms with van der Waals surface area (Å²) in [6, 6.07) is 0. The van der Waals surface area contributed by atoms with Crippen molar-refractivity contribution in [3.8, 4) is 0 Å². The molecule has 0 heterocycles. The van der Waals surface area contributed by atoms with Gasteiger partial charge in [-0.1, -0.05) is 0 Å². The predicted octanol–water partition coefficient (Wildman–Crippen LogP) is -0.433. The third-order valence-electron chi connectivity index (χ3n) is 0.292. The molecular weight excluding hydrogens is 230 g/mol. The maximum atomic E-state index is 10.7. The van der Waals surface area contributed by atoms with Gasteiger partial charge in [0.2, 0.25) is 0 Å². The average molecular weight is 233 g/mol. The van der Waals surface area contributed by atoms with Gasteiger partial charge in [0, 0.05) is 19.5 Å². The first-order chi connectivity index (χ1) is 3.25. The minimum absolute atomic E-state index is 0. The molecule has 0 aromatic heterocycles. The van der Waals surface area contributed by atoms with Crippen LogP contribution < -0.4 is 0 Å². The predicted molar refractivity (Wildman–Crippen MR) is 21.2 cm³/mol. The molecule has 0 spiro atoms. The van der Waals surface area contributed by atoms with Crippen molar-refractivity contribution in [3.05, 3.63) is 0 Å². The molecule has 0 aliphatic carbocycles. The monoisotopic (exact) mass is 232 g/mol. The van der Waals surface area contributed by atoms with Gasteiger partial charge in [-0.3, -0.25) is 4.55 Å². The smallest absolute Gasteiger partial charge is 0.412 e. The standard InChI is InChI=1S/CHF3O3S.H2O.Zn/c2-1(3,4)8(5,6)7;;/h(H,5,6,7);1H2;. The molecule has 0 aromatic rings. The van der Waals surface area contributed by atoms with Crippen LogP contribution in [-0.4, -0.2) is 24.0 Å². The zero-order valence-electron chi connectivity index (χ0n) is 4.51. The fourth-order valence-electron chi connectivity index (χ4n) is 0. The van der Waals surface area contributed by atoms with Crippen molar-refractivity contribution in [2.24, 2.45) is 0 Å². The zero-order chi connectivity index (χ0) is 7.00. The van der Waals surface area contributed by atoms with Crippen LogP contribution in [0.3, 0.4) is 0 Å². The molecule has 10 heavy (non-hydrogen) atoms. The Morgan fingerprint density at radius 2 is 1.30 bits per heavy atom. The summed E-state index contributed by atoms with van der Waals surface area (Å²) in [4.78, 5) is 0. The Morgan fingerprint density at radius 1 is 1.20 bits per heavy atom. The van der Waals surface area contributed by atoms with E-state index in [-0.39, 0.29) is 25.0 Å². The minimum atomic E-state index is -5.84. The topological polar surface area (TPSA) is 85.9 Å². The molecule has 0 aromatic carbocycles. The van der Waals surface area contributed by atoms with Gasteiger partial charge >= 0.3 is 15.6 Å². The second-order valence-electron chi connectivity index (χ2n) is 0.921. The first-order valence-electron chi connectivity index (χ1n) is 1.29. The van der Waals surface area contributed by atoms with E-state index in [0.717, 1.165) is 0 Å². The molecular formula is CH3F3O4SZn. The van der Waals surface area contributed by atoms with Crippen molar-refractivity contribution in [2.45, 2.75) is 5.51 Å². The molecule has 0 aliphatic rings. The van der Waals surface area contributed by atoms with E-state index in [1.165, 1.54) is 0 Å². The summed E-state index contributed by atoms with van der Waals surface area (Å²) >= 11 is 0. The summed E-state index contributed by atoms with van der Waals surface area (Å²) in [7, 11) is -5.84. The second-order valence-corrected chi connectivity index (χ2v) is 2.33. The fourth-order valence-corrected chi connectivity index (χ4v) is 0. The molecule has 0 saturated heterocycles. The molecule has 0 saturated carbocycles. The first-order valence-corrected chi connectivity index (χ1v) is 2.73. The Hall–Kier alpha value is 0.283. The maximum absolute atomic E-state index is 10.7. The van der Waals surface area contributed by atoms with E-state index < -0.39 is 15.6 Å². The van der Waals surface area contributed by atoms with Gasteiger partial charge < -0.3 is 5.48 Å². The van der Waals surface area contributed by atoms with E-state index >= 15 is 0 Å². The van der Waals surface area contributed by atoms with Crippen LogP contribution in [0.2, 0.25) is 0 Å². The van der Waals surface area contributed by atoms with Crippen LogP contribution in [0, 0.1) is 0 Å². The van der Waals surface area contributed by atoms with Crippen LogP contribution in [0.25, 0.3) is 0 Å². The Morgan fingerprint density at radius 3 is 1.30 bits per heavy atom. The van der Waals surface area contributed by atoms with Crippen LogP contribution in [0.15, 0.2) is 0 Å². The van der Waals surface area contributed by atoms with Gasteiger partial charge in [0.1, 0.15) is 0 Å². The molecule has 0 bridgehead atoms. The number of hydrogen-bond acceptors (Lipinski definition) is 2. The maximum Gasteiger partial charge on any atom is 0.522 e. The third kappa shape index (κ3) is 5.10. The van der Waals surface area contributed by atoms with Gasteiger partial charge in [-0.05, 0) is 0 Å². The molecule has 0 aliphatic heterocycles. The van der Waals surface area contributed by atoms with E-state index in [1.807, 2.05) is 0 Å². The summed E-state index contributed by atoms with van der Waals surface area (Å²) in [6.07, 6.45) is 0. The normalized spacial score (nSPS) is 11.2. The van der Waals surface area contributed by atoms with Crippen LogP contribution >= 0.6 is 0 Å². The van der Waals surface area contributed by atoms with Gasteiger partial charge in [0.25, 0.3) is 0 Å². The molecule has 0 unspecified atom stereocenters. The SMILES string of the molecule is O.O=S(=O)(O)C(F)(F)F.[Zn]. The molecule has 0 radical (unpaired) electrons. The van der Waals surface area contributed by atoms with E-state index in [9.17, 15) is 13.2 Å². The summed E-state index contributed by atoms with van der Waals surface area (Å²) in [5, 5.41) is 0. The summed E-state index contributed by atoms with van der Waals surface area (Å²) < 4.78 is 57.5. The number of hydrogen-bond donors (Lipinski definition) is 1. The van der Waals surface area contributed by atoms with Gasteiger partial charge in [-0.2, -0.15) is 21.6 Å². The number of rotatable bonds is 0. The van der Waals surface area contributed by atoms with E-state index in [2.05, 4.69) is 0 Å². The van der Waals surface area contributed by atoms with Crippen LogP contribution in [-0.2, 0) is 29.6 Å². The van der Waals surface area contributed by atoms with Crippen LogP contribution in [0.4, 0.5) is 13.2 Å². The fraction of sp³-hybridized carbons (Fsp3) is 1.00. The quantitative estimate of drug-likeness (QED) is 0.350. The molecule has 3 N–H and O–H groups in total. The largest absolute Gasteiger partial charge is 0.522 e. The van der Waals surface area contributed by atoms with Crippen molar-refractivity contribution < 1.29 is 51.1 Å². The van der Waals surface area contributed by atoms with E-state index in [4.69, 9.17) is 13.0 Å². The number of halogens is 3. The van der Waals surface area contributed by atoms with Gasteiger partial charge in [-0.25, -0.2) is 0 Å². The third-order valence-corrected chi connectivity index (χ3v) is 0.877. The average Bonchev–Trinajstić information content (AvgIpc) is 1.25. The van der Waals surface area contributed by atoms with Crippen LogP contribution in [0.1, 0.15) is 0 Å². The Balaban J connectivity index is -0.000000245. The van der Waals surface area contributed by atoms with Gasteiger partial charge in [0.15, 0.2) is 0 Å². The molecule has 9 heteroatoms. The van der Waals surface area contributed by atoms with Crippen molar-refractivity contribution in [1.82, 2.24) is 0 Å². The minimum Gasteiger partial charge on any atom is -0.412 e. The first kappa shape index (κ1) is 16.7. The van der Waals surface area contributed by atoms with Crippen molar-refractivity contribution in [3.63, 3.8) is 0 Å². The summed E-state index contributed by atoms with van der Waals surface area (Å²) in [5.41, 5.74) is -5.53. The van der Waals surface area contributed by atoms with E-state index in [0.29, 0.717) is 0 Å². The number of alkyl halides is 3. The van der Waals surface area contributed by atoms with Gasteiger partial charge in [0.05, 0.1) is 0 Å².